The first-order valence-corrected chi connectivity index (χ1v) is 10.3. The number of rotatable bonds is 8. The van der Waals surface area contributed by atoms with E-state index in [1.807, 2.05) is 6.07 Å². The third-order valence-electron chi connectivity index (χ3n) is 4.58. The van der Waals surface area contributed by atoms with E-state index in [4.69, 9.17) is 9.47 Å². The highest BCUT2D eigenvalue weighted by molar-refractivity contribution is 6.07. The van der Waals surface area contributed by atoms with Crippen molar-refractivity contribution >= 4 is 23.2 Å². The van der Waals surface area contributed by atoms with Crippen LogP contribution in [0.5, 0.6) is 11.5 Å². The van der Waals surface area contributed by atoms with Crippen LogP contribution < -0.4 is 20.1 Å². The second-order valence-electron chi connectivity index (χ2n) is 6.97. The molecule has 7 heteroatoms. The minimum atomic E-state index is -0.622. The fraction of sp³-hybridized carbons (Fsp3) is 0.200. The predicted octanol–water partition coefficient (Wildman–Crippen LogP) is 5.44. The van der Waals surface area contributed by atoms with Gasteiger partial charge in [0.05, 0.1) is 30.2 Å². The largest absolute Gasteiger partial charge is 0.492 e. The average molecular weight is 436 g/mol. The summed E-state index contributed by atoms with van der Waals surface area (Å²) in [5.41, 5.74) is 1.87. The lowest BCUT2D eigenvalue weighted by molar-refractivity contribution is 0.101. The topological polar surface area (TPSA) is 76.7 Å². The van der Waals surface area contributed by atoms with Crippen molar-refractivity contribution in [2.24, 2.45) is 0 Å². The highest BCUT2D eigenvalue weighted by Crippen LogP contribution is 2.37. The van der Waals surface area contributed by atoms with Gasteiger partial charge in [0.25, 0.3) is 11.8 Å². The van der Waals surface area contributed by atoms with Gasteiger partial charge in [-0.3, -0.25) is 9.59 Å². The summed E-state index contributed by atoms with van der Waals surface area (Å²) in [7, 11) is 0. The number of amides is 2. The molecule has 166 valence electrons. The zero-order valence-corrected chi connectivity index (χ0v) is 18.2. The summed E-state index contributed by atoms with van der Waals surface area (Å²) in [6.45, 7) is 6.03. The summed E-state index contributed by atoms with van der Waals surface area (Å²) in [4.78, 5) is 25.4. The number of halogens is 1. The van der Waals surface area contributed by atoms with Crippen LogP contribution >= 0.6 is 0 Å². The van der Waals surface area contributed by atoms with Gasteiger partial charge >= 0.3 is 0 Å². The molecule has 3 aromatic carbocycles. The van der Waals surface area contributed by atoms with Crippen molar-refractivity contribution in [3.63, 3.8) is 0 Å². The van der Waals surface area contributed by atoms with Gasteiger partial charge in [0.1, 0.15) is 17.3 Å². The normalized spacial score (nSPS) is 10.4. The molecule has 0 aliphatic heterocycles. The van der Waals surface area contributed by atoms with Gasteiger partial charge < -0.3 is 20.1 Å². The molecule has 0 radical (unpaired) electrons. The Morgan fingerprint density at radius 2 is 1.38 bits per heavy atom. The van der Waals surface area contributed by atoms with E-state index in [-0.39, 0.29) is 11.5 Å². The lowest BCUT2D eigenvalue weighted by atomic mass is 10.1. The number of ether oxygens (including phenoxy) is 2. The van der Waals surface area contributed by atoms with Crippen LogP contribution in [0.1, 0.15) is 40.1 Å². The molecule has 6 nitrogen and oxygen atoms in total. The first kappa shape index (κ1) is 22.8. The molecule has 0 spiro atoms. The zero-order chi connectivity index (χ0) is 23.1. The zero-order valence-electron chi connectivity index (χ0n) is 18.2. The average Bonchev–Trinajstić information content (AvgIpc) is 2.78. The third kappa shape index (κ3) is 5.43. The first-order chi connectivity index (χ1) is 15.4. The van der Waals surface area contributed by atoms with Gasteiger partial charge in [-0.25, -0.2) is 4.39 Å². The number of aryl methyl sites for hydroxylation is 1. The number of carbonyl (C=O) groups excluding carboxylic acids is 2. The number of hydrogen-bond acceptors (Lipinski definition) is 4. The molecular weight excluding hydrogens is 411 g/mol. The summed E-state index contributed by atoms with van der Waals surface area (Å²) in [6, 6.07) is 16.2. The fourth-order valence-electron chi connectivity index (χ4n) is 3.09. The molecule has 0 fully saturated rings. The molecule has 0 heterocycles. The van der Waals surface area contributed by atoms with Crippen LogP contribution in [0.25, 0.3) is 0 Å². The van der Waals surface area contributed by atoms with Crippen LogP contribution in [-0.4, -0.2) is 25.0 Å². The summed E-state index contributed by atoms with van der Waals surface area (Å²) in [6.07, 6.45) is 0. The Morgan fingerprint density at radius 3 is 1.94 bits per heavy atom. The lowest BCUT2D eigenvalue weighted by Gasteiger charge is -2.18. The highest BCUT2D eigenvalue weighted by atomic mass is 19.1. The first-order valence-electron chi connectivity index (χ1n) is 10.3. The maximum Gasteiger partial charge on any atom is 0.258 e. The van der Waals surface area contributed by atoms with E-state index in [0.29, 0.717) is 41.7 Å². The Bertz CT molecular complexity index is 1120. The Kier molecular flexibility index (Phi) is 7.44. The van der Waals surface area contributed by atoms with Crippen molar-refractivity contribution in [1.29, 1.82) is 0 Å². The van der Waals surface area contributed by atoms with E-state index in [2.05, 4.69) is 10.6 Å². The number of nitrogens with one attached hydrogen (secondary N) is 2. The second-order valence-corrected chi connectivity index (χ2v) is 6.97. The van der Waals surface area contributed by atoms with Gasteiger partial charge in [-0.1, -0.05) is 29.8 Å². The van der Waals surface area contributed by atoms with Crippen LogP contribution in [0.2, 0.25) is 0 Å². The van der Waals surface area contributed by atoms with Gasteiger partial charge in [0, 0.05) is 17.7 Å². The van der Waals surface area contributed by atoms with Crippen LogP contribution in [0.4, 0.5) is 15.8 Å². The minimum Gasteiger partial charge on any atom is -0.492 e. The van der Waals surface area contributed by atoms with Gasteiger partial charge in [0.15, 0.2) is 0 Å². The van der Waals surface area contributed by atoms with Gasteiger partial charge in [-0.15, -0.1) is 0 Å². The van der Waals surface area contributed by atoms with Crippen molar-refractivity contribution in [1.82, 2.24) is 0 Å². The minimum absolute atomic E-state index is 0.0770. The van der Waals surface area contributed by atoms with Crippen LogP contribution in [0.3, 0.4) is 0 Å². The molecule has 0 atom stereocenters. The van der Waals surface area contributed by atoms with E-state index in [9.17, 15) is 14.0 Å². The summed E-state index contributed by atoms with van der Waals surface area (Å²) in [5, 5.41) is 5.52. The van der Waals surface area contributed by atoms with Crippen LogP contribution in [0, 0.1) is 12.7 Å². The molecular formula is C25H25FN2O4. The van der Waals surface area contributed by atoms with E-state index < -0.39 is 11.7 Å². The Hall–Kier alpha value is -3.87. The lowest BCUT2D eigenvalue weighted by Crippen LogP contribution is -2.16. The van der Waals surface area contributed by atoms with Gasteiger partial charge in [-0.05, 0) is 45.0 Å². The van der Waals surface area contributed by atoms with Gasteiger partial charge in [0.2, 0.25) is 0 Å². The number of carbonyl (C=O) groups is 2. The molecule has 0 bridgehead atoms. The van der Waals surface area contributed by atoms with Crippen molar-refractivity contribution in [2.45, 2.75) is 20.8 Å². The molecule has 0 aliphatic carbocycles. The van der Waals surface area contributed by atoms with Gasteiger partial charge in [-0.2, -0.15) is 0 Å². The highest BCUT2D eigenvalue weighted by Gasteiger charge is 2.19. The summed E-state index contributed by atoms with van der Waals surface area (Å²) >= 11 is 0. The SMILES string of the molecule is CCOc1cc(NC(=O)c2cc(C)ccc2F)c(OCC)cc1NC(=O)c1ccccc1. The molecule has 0 aromatic heterocycles. The molecule has 0 unspecified atom stereocenters. The Morgan fingerprint density at radius 1 is 0.812 bits per heavy atom. The Balaban J connectivity index is 1.95. The monoisotopic (exact) mass is 436 g/mol. The van der Waals surface area contributed by atoms with E-state index in [0.717, 1.165) is 5.56 Å². The summed E-state index contributed by atoms with van der Waals surface area (Å²) in [5.74, 6) is -0.882. The maximum absolute atomic E-state index is 14.2. The fourth-order valence-corrected chi connectivity index (χ4v) is 3.09. The quantitative estimate of drug-likeness (QED) is 0.493. The predicted molar refractivity (Wildman–Crippen MR) is 122 cm³/mol. The Labute approximate surface area is 186 Å². The molecule has 3 aromatic rings. The maximum atomic E-state index is 14.2. The molecule has 2 N–H and O–H groups in total. The van der Waals surface area contributed by atoms with E-state index in [1.54, 1.807) is 63.2 Å². The molecule has 2 amide bonds. The second kappa shape index (κ2) is 10.4. The van der Waals surface area contributed by atoms with Crippen LogP contribution in [-0.2, 0) is 0 Å². The number of hydrogen-bond donors (Lipinski definition) is 2. The van der Waals surface area contributed by atoms with E-state index >= 15 is 0 Å². The summed E-state index contributed by atoms with van der Waals surface area (Å²) < 4.78 is 25.5. The molecule has 0 aliphatic rings. The molecule has 0 saturated carbocycles. The standard InChI is InChI=1S/C25H25FN2O4/c1-4-31-22-15-21(28-25(30)18-13-16(3)11-12-19(18)26)23(32-5-2)14-20(22)27-24(29)17-9-7-6-8-10-17/h6-15H,4-5H2,1-3H3,(H,27,29)(H,28,30). The van der Waals surface area contributed by atoms with Crippen LogP contribution in [0.15, 0.2) is 60.7 Å². The number of benzene rings is 3. The smallest absolute Gasteiger partial charge is 0.258 e. The number of anilines is 2. The molecule has 3 rings (SSSR count). The van der Waals surface area contributed by atoms with Crippen molar-refractivity contribution in [2.75, 3.05) is 23.8 Å². The third-order valence-corrected chi connectivity index (χ3v) is 4.58. The molecule has 32 heavy (non-hydrogen) atoms. The van der Waals surface area contributed by atoms with Crippen molar-refractivity contribution < 1.29 is 23.5 Å². The van der Waals surface area contributed by atoms with E-state index in [1.165, 1.54) is 12.1 Å². The molecule has 0 saturated heterocycles. The van der Waals surface area contributed by atoms with Crippen molar-refractivity contribution in [3.05, 3.63) is 83.2 Å². The van der Waals surface area contributed by atoms with Crippen molar-refractivity contribution in [3.8, 4) is 11.5 Å².